The Labute approximate surface area is 108 Å². The van der Waals surface area contributed by atoms with Gasteiger partial charge in [-0.2, -0.15) is 0 Å². The monoisotopic (exact) mass is 250 g/mol. The van der Waals surface area contributed by atoms with Crippen LogP contribution in [-0.4, -0.2) is 22.8 Å². The molecule has 3 heteroatoms. The van der Waals surface area contributed by atoms with Crippen LogP contribution in [0.15, 0.2) is 23.3 Å². The minimum atomic E-state index is -0.751. The van der Waals surface area contributed by atoms with E-state index in [4.69, 9.17) is 10.2 Å². The van der Waals surface area contributed by atoms with Crippen molar-refractivity contribution in [3.05, 3.63) is 23.3 Å². The number of rotatable bonds is 5. The van der Waals surface area contributed by atoms with Gasteiger partial charge in [0.25, 0.3) is 0 Å². The summed E-state index contributed by atoms with van der Waals surface area (Å²) < 4.78 is 0. The van der Waals surface area contributed by atoms with Crippen LogP contribution in [0.5, 0.6) is 0 Å². The van der Waals surface area contributed by atoms with Gasteiger partial charge in [-0.15, -0.1) is 0 Å². The van der Waals surface area contributed by atoms with Crippen molar-refractivity contribution in [3.63, 3.8) is 0 Å². The summed E-state index contributed by atoms with van der Waals surface area (Å²) in [6, 6.07) is 0. The largest absolute Gasteiger partial charge is 0.478 e. The van der Waals surface area contributed by atoms with Gasteiger partial charge in [0.1, 0.15) is 0 Å². The molecule has 0 bridgehead atoms. The van der Waals surface area contributed by atoms with Crippen molar-refractivity contribution in [2.45, 2.75) is 39.5 Å². The third-order valence-corrected chi connectivity index (χ3v) is 4.74. The topological polar surface area (TPSA) is 57.5 Å². The molecule has 2 N–H and O–H groups in total. The predicted molar refractivity (Wildman–Crippen MR) is 70.1 cm³/mol. The van der Waals surface area contributed by atoms with Gasteiger partial charge in [0.15, 0.2) is 0 Å². The van der Waals surface area contributed by atoms with Gasteiger partial charge in [-0.05, 0) is 49.9 Å². The number of carboxylic acid groups (broad SMARTS) is 1. The number of hydrogen-bond acceptors (Lipinski definition) is 2. The average Bonchev–Trinajstić information content (AvgIpc) is 2.94. The van der Waals surface area contributed by atoms with Crippen LogP contribution < -0.4 is 0 Å². The summed E-state index contributed by atoms with van der Waals surface area (Å²) in [5.41, 5.74) is 1.90. The van der Waals surface area contributed by atoms with Crippen LogP contribution >= 0.6 is 0 Å². The van der Waals surface area contributed by atoms with Crippen LogP contribution in [0.1, 0.15) is 39.5 Å². The fourth-order valence-electron chi connectivity index (χ4n) is 3.35. The van der Waals surface area contributed by atoms with Gasteiger partial charge in [-0.1, -0.05) is 24.6 Å². The highest BCUT2D eigenvalue weighted by atomic mass is 16.4. The Morgan fingerprint density at radius 2 is 2.33 bits per heavy atom. The van der Waals surface area contributed by atoms with Crippen molar-refractivity contribution < 1.29 is 15.0 Å². The molecule has 0 aromatic heterocycles. The number of aliphatic hydroxyl groups is 1. The van der Waals surface area contributed by atoms with Crippen LogP contribution in [0.2, 0.25) is 0 Å². The van der Waals surface area contributed by atoms with Crippen molar-refractivity contribution in [1.29, 1.82) is 0 Å². The third kappa shape index (κ3) is 2.37. The van der Waals surface area contributed by atoms with Crippen LogP contribution in [0.4, 0.5) is 0 Å². The number of hydrogen-bond donors (Lipinski definition) is 2. The van der Waals surface area contributed by atoms with E-state index in [1.54, 1.807) is 0 Å². The van der Waals surface area contributed by atoms with Gasteiger partial charge >= 0.3 is 5.97 Å². The second kappa shape index (κ2) is 4.88. The number of aliphatic hydroxyl groups excluding tert-OH is 1. The standard InChI is InChI=1S/C15H22O3/c1-10(9-16)4-3-7-15(2)12-6-5-11(14(17)18)8-13(12)15/h4,8,12-13,16H,3,5-7,9H2,1-2H3,(H,17,18)/b10-4+/t12-,13+,15+/m0/s1. The molecule has 0 aliphatic heterocycles. The van der Waals surface area contributed by atoms with Crippen LogP contribution in [0.3, 0.4) is 0 Å². The van der Waals surface area contributed by atoms with E-state index in [0.717, 1.165) is 31.3 Å². The lowest BCUT2D eigenvalue weighted by Gasteiger charge is -2.09. The molecule has 100 valence electrons. The Morgan fingerprint density at radius 3 is 2.94 bits per heavy atom. The van der Waals surface area contributed by atoms with Gasteiger partial charge < -0.3 is 10.2 Å². The minimum absolute atomic E-state index is 0.132. The second-order valence-corrected chi connectivity index (χ2v) is 5.92. The van der Waals surface area contributed by atoms with Crippen molar-refractivity contribution in [1.82, 2.24) is 0 Å². The first-order valence-electron chi connectivity index (χ1n) is 6.69. The number of aliphatic carboxylic acids is 1. The molecule has 0 aromatic rings. The SMILES string of the molecule is C/C(=C\CC[C@@]1(C)[C@@H]2C=C(C(=O)O)CC[C@@H]21)CO. The van der Waals surface area contributed by atoms with Gasteiger partial charge in [0.2, 0.25) is 0 Å². The van der Waals surface area contributed by atoms with E-state index in [2.05, 4.69) is 13.0 Å². The molecule has 2 aliphatic rings. The van der Waals surface area contributed by atoms with Gasteiger partial charge in [0.05, 0.1) is 6.61 Å². The Bertz CT molecular complexity index is 408. The lowest BCUT2D eigenvalue weighted by atomic mass is 9.96. The number of carboxylic acids is 1. The van der Waals surface area contributed by atoms with E-state index in [1.165, 1.54) is 0 Å². The molecule has 0 aromatic carbocycles. The lowest BCUT2D eigenvalue weighted by Crippen LogP contribution is -2.04. The Hall–Kier alpha value is -1.09. The smallest absolute Gasteiger partial charge is 0.331 e. The molecule has 2 rings (SSSR count). The van der Waals surface area contributed by atoms with Crippen molar-refractivity contribution in [3.8, 4) is 0 Å². The Balaban J connectivity index is 1.94. The zero-order chi connectivity index (χ0) is 13.3. The van der Waals surface area contributed by atoms with Crippen molar-refractivity contribution in [2.75, 3.05) is 6.61 Å². The third-order valence-electron chi connectivity index (χ3n) is 4.74. The summed E-state index contributed by atoms with van der Waals surface area (Å²) in [7, 11) is 0. The van der Waals surface area contributed by atoms with Crippen LogP contribution in [-0.2, 0) is 4.79 Å². The van der Waals surface area contributed by atoms with Gasteiger partial charge in [-0.3, -0.25) is 0 Å². The van der Waals surface area contributed by atoms with Gasteiger partial charge in [-0.25, -0.2) is 4.79 Å². The summed E-state index contributed by atoms with van der Waals surface area (Å²) in [6.07, 6.45) is 7.88. The Morgan fingerprint density at radius 1 is 1.61 bits per heavy atom. The zero-order valence-electron chi connectivity index (χ0n) is 11.1. The van der Waals surface area contributed by atoms with E-state index >= 15 is 0 Å². The molecular formula is C15H22O3. The molecule has 0 amide bonds. The quantitative estimate of drug-likeness (QED) is 0.738. The van der Waals surface area contributed by atoms with E-state index in [0.29, 0.717) is 17.4 Å². The summed E-state index contributed by atoms with van der Waals surface area (Å²) in [5.74, 6) is 0.377. The molecule has 0 unspecified atom stereocenters. The maximum atomic E-state index is 11.0. The number of carbonyl (C=O) groups is 1. The molecule has 3 nitrogen and oxygen atoms in total. The highest BCUT2D eigenvalue weighted by Crippen LogP contribution is 2.66. The normalized spacial score (nSPS) is 34.8. The van der Waals surface area contributed by atoms with E-state index in [9.17, 15) is 4.79 Å². The minimum Gasteiger partial charge on any atom is -0.478 e. The molecule has 1 saturated carbocycles. The maximum absolute atomic E-state index is 11.0. The molecule has 2 aliphatic carbocycles. The van der Waals surface area contributed by atoms with Crippen molar-refractivity contribution in [2.24, 2.45) is 17.3 Å². The van der Waals surface area contributed by atoms with E-state index in [1.807, 2.05) is 13.0 Å². The Kier molecular flexibility index (Phi) is 3.62. The fourth-order valence-corrected chi connectivity index (χ4v) is 3.35. The first-order valence-corrected chi connectivity index (χ1v) is 6.69. The highest BCUT2D eigenvalue weighted by Gasteiger charge is 2.59. The molecule has 0 spiro atoms. The second-order valence-electron chi connectivity index (χ2n) is 5.92. The summed E-state index contributed by atoms with van der Waals surface area (Å²) in [5, 5.41) is 18.0. The number of fused-ring (bicyclic) bond motifs is 1. The van der Waals surface area contributed by atoms with E-state index in [-0.39, 0.29) is 12.0 Å². The van der Waals surface area contributed by atoms with E-state index < -0.39 is 5.97 Å². The lowest BCUT2D eigenvalue weighted by molar-refractivity contribution is -0.132. The molecule has 18 heavy (non-hydrogen) atoms. The zero-order valence-corrected chi connectivity index (χ0v) is 11.1. The maximum Gasteiger partial charge on any atom is 0.331 e. The van der Waals surface area contributed by atoms with Crippen molar-refractivity contribution >= 4 is 5.97 Å². The summed E-state index contributed by atoms with van der Waals surface area (Å²) >= 11 is 0. The molecular weight excluding hydrogens is 228 g/mol. The molecule has 0 heterocycles. The first-order chi connectivity index (χ1) is 8.49. The highest BCUT2D eigenvalue weighted by molar-refractivity contribution is 5.87. The molecule has 0 radical (unpaired) electrons. The molecule has 0 saturated heterocycles. The first kappa shape index (κ1) is 13.3. The molecule has 3 atom stereocenters. The summed E-state index contributed by atoms with van der Waals surface area (Å²) in [6.45, 7) is 4.34. The predicted octanol–water partition coefficient (Wildman–Crippen LogP) is 2.76. The average molecular weight is 250 g/mol. The van der Waals surface area contributed by atoms with Crippen LogP contribution in [0.25, 0.3) is 0 Å². The summed E-state index contributed by atoms with van der Waals surface area (Å²) in [4.78, 5) is 11.0. The van der Waals surface area contributed by atoms with Crippen LogP contribution in [0, 0.1) is 17.3 Å². The molecule has 1 fully saturated rings. The number of allylic oxidation sites excluding steroid dienone is 2. The fraction of sp³-hybridized carbons (Fsp3) is 0.667. The van der Waals surface area contributed by atoms with Gasteiger partial charge in [0, 0.05) is 5.57 Å².